The van der Waals surface area contributed by atoms with Crippen molar-refractivity contribution < 1.29 is 23.8 Å². The van der Waals surface area contributed by atoms with Crippen LogP contribution in [0.15, 0.2) is 47.8 Å². The fourth-order valence-corrected chi connectivity index (χ4v) is 3.66. The summed E-state index contributed by atoms with van der Waals surface area (Å²) in [7, 11) is 2.64. The highest BCUT2D eigenvalue weighted by Crippen LogP contribution is 2.38. The second-order valence-corrected chi connectivity index (χ2v) is 6.91. The first-order chi connectivity index (χ1) is 13.0. The number of carbonyl (C=O) groups is 2. The van der Waals surface area contributed by atoms with Gasteiger partial charge in [-0.2, -0.15) is 0 Å². The molecule has 0 aliphatic carbocycles. The van der Waals surface area contributed by atoms with Gasteiger partial charge in [0.05, 0.1) is 37.4 Å². The monoisotopic (exact) mass is 391 g/mol. The fraction of sp³-hybridized carbons (Fsp3) is 0.400. The van der Waals surface area contributed by atoms with Crippen molar-refractivity contribution in [1.29, 1.82) is 0 Å². The molecule has 1 saturated heterocycles. The molecule has 0 unspecified atom stereocenters. The Bertz CT molecular complexity index is 748. The minimum Gasteiger partial charge on any atom is -0.466 e. The van der Waals surface area contributed by atoms with E-state index in [1.54, 1.807) is 35.5 Å². The average molecular weight is 392 g/mol. The van der Waals surface area contributed by atoms with Crippen LogP contribution >= 0.6 is 11.6 Å². The summed E-state index contributed by atoms with van der Waals surface area (Å²) in [5, 5.41) is 0.516. The van der Waals surface area contributed by atoms with E-state index in [1.165, 1.54) is 14.2 Å². The number of ether oxygens (including phenoxy) is 3. The number of hydrogen-bond acceptors (Lipinski definition) is 6. The lowest BCUT2D eigenvalue weighted by Gasteiger charge is -2.31. The molecule has 2 aliphatic rings. The van der Waals surface area contributed by atoms with Crippen molar-refractivity contribution in [3.63, 3.8) is 0 Å². The van der Waals surface area contributed by atoms with Crippen LogP contribution in [0.3, 0.4) is 0 Å². The van der Waals surface area contributed by atoms with Crippen molar-refractivity contribution in [3.05, 3.63) is 58.4 Å². The molecule has 0 saturated carbocycles. The summed E-state index contributed by atoms with van der Waals surface area (Å²) in [5.74, 6) is -1.64. The third kappa shape index (κ3) is 4.34. The van der Waals surface area contributed by atoms with Crippen molar-refractivity contribution in [3.8, 4) is 0 Å². The summed E-state index contributed by atoms with van der Waals surface area (Å²) in [6.45, 7) is 1.27. The Morgan fingerprint density at radius 3 is 2.37 bits per heavy atom. The van der Waals surface area contributed by atoms with Crippen molar-refractivity contribution >= 4 is 23.5 Å². The summed E-state index contributed by atoms with van der Waals surface area (Å²) >= 11 is 6.13. The van der Waals surface area contributed by atoms with E-state index < -0.39 is 17.9 Å². The van der Waals surface area contributed by atoms with Crippen LogP contribution in [0.5, 0.6) is 0 Å². The van der Waals surface area contributed by atoms with Crippen molar-refractivity contribution in [2.75, 3.05) is 27.4 Å². The van der Waals surface area contributed by atoms with Crippen LogP contribution in [0.25, 0.3) is 0 Å². The lowest BCUT2D eigenvalue weighted by Crippen LogP contribution is -2.32. The molecule has 0 N–H and O–H groups in total. The van der Waals surface area contributed by atoms with Gasteiger partial charge in [0.15, 0.2) is 0 Å². The number of carbonyl (C=O) groups excluding carboxylic acids is 2. The van der Waals surface area contributed by atoms with Crippen LogP contribution in [0.1, 0.15) is 24.3 Å². The SMILES string of the molecule is COC(=O)C1=CN(C[C@@H]2CCCO2)C=C(C(=O)OC)C1c1cccc(Cl)c1. The lowest BCUT2D eigenvalue weighted by atomic mass is 9.83. The second-order valence-electron chi connectivity index (χ2n) is 6.47. The summed E-state index contributed by atoms with van der Waals surface area (Å²) in [5.41, 5.74) is 1.41. The first-order valence-electron chi connectivity index (χ1n) is 8.76. The van der Waals surface area contributed by atoms with Crippen LogP contribution in [0.2, 0.25) is 5.02 Å². The van der Waals surface area contributed by atoms with E-state index in [4.69, 9.17) is 25.8 Å². The Morgan fingerprint density at radius 1 is 1.19 bits per heavy atom. The minimum atomic E-state index is -0.621. The van der Waals surface area contributed by atoms with Gasteiger partial charge >= 0.3 is 11.9 Å². The lowest BCUT2D eigenvalue weighted by molar-refractivity contribution is -0.137. The Kier molecular flexibility index (Phi) is 6.19. The molecule has 0 spiro atoms. The van der Waals surface area contributed by atoms with Gasteiger partial charge in [-0.15, -0.1) is 0 Å². The summed E-state index contributed by atoms with van der Waals surface area (Å²) < 4.78 is 15.6. The van der Waals surface area contributed by atoms with Gasteiger partial charge in [-0.25, -0.2) is 9.59 Å². The van der Waals surface area contributed by atoms with Crippen LogP contribution in [0.4, 0.5) is 0 Å². The van der Waals surface area contributed by atoms with Crippen LogP contribution < -0.4 is 0 Å². The Balaban J connectivity index is 2.03. The van der Waals surface area contributed by atoms with E-state index in [1.807, 2.05) is 6.07 Å². The maximum Gasteiger partial charge on any atom is 0.336 e. The molecule has 1 aromatic carbocycles. The minimum absolute atomic E-state index is 0.0537. The molecule has 7 heteroatoms. The molecule has 144 valence electrons. The number of hydrogen-bond donors (Lipinski definition) is 0. The zero-order valence-electron chi connectivity index (χ0n) is 15.3. The fourth-order valence-electron chi connectivity index (χ4n) is 3.46. The van der Waals surface area contributed by atoms with E-state index in [-0.39, 0.29) is 6.10 Å². The van der Waals surface area contributed by atoms with Crippen molar-refractivity contribution in [1.82, 2.24) is 4.90 Å². The molecule has 3 rings (SSSR count). The predicted molar refractivity (Wildman–Crippen MR) is 100 cm³/mol. The summed E-state index contributed by atoms with van der Waals surface area (Å²) in [6.07, 6.45) is 5.43. The molecule has 0 amide bonds. The normalized spacial score (nSPS) is 20.1. The highest BCUT2D eigenvalue weighted by molar-refractivity contribution is 6.30. The molecular weight excluding hydrogens is 370 g/mol. The number of halogens is 1. The van der Waals surface area contributed by atoms with Gasteiger partial charge in [0.25, 0.3) is 0 Å². The first-order valence-corrected chi connectivity index (χ1v) is 9.14. The molecule has 27 heavy (non-hydrogen) atoms. The van der Waals surface area contributed by atoms with Gasteiger partial charge in [-0.3, -0.25) is 0 Å². The summed E-state index contributed by atoms with van der Waals surface area (Å²) in [4.78, 5) is 26.8. The van der Waals surface area contributed by atoms with Gasteiger partial charge in [-0.05, 0) is 30.5 Å². The molecule has 1 fully saturated rings. The van der Waals surface area contributed by atoms with E-state index >= 15 is 0 Å². The molecule has 2 aliphatic heterocycles. The zero-order chi connectivity index (χ0) is 19.4. The Hall–Kier alpha value is -2.31. The predicted octanol–water partition coefficient (Wildman–Crippen LogP) is 3.03. The van der Waals surface area contributed by atoms with Crippen LogP contribution in [-0.2, 0) is 23.8 Å². The van der Waals surface area contributed by atoms with Crippen LogP contribution in [-0.4, -0.2) is 50.3 Å². The van der Waals surface area contributed by atoms with Gasteiger partial charge in [0, 0.05) is 30.6 Å². The topological polar surface area (TPSA) is 65.1 Å². The van der Waals surface area contributed by atoms with Crippen molar-refractivity contribution in [2.24, 2.45) is 0 Å². The quantitative estimate of drug-likeness (QED) is 0.719. The first kappa shape index (κ1) is 19.5. The third-order valence-electron chi connectivity index (χ3n) is 4.69. The number of benzene rings is 1. The average Bonchev–Trinajstić information content (AvgIpc) is 3.19. The van der Waals surface area contributed by atoms with Gasteiger partial charge in [0.1, 0.15) is 0 Å². The van der Waals surface area contributed by atoms with E-state index in [2.05, 4.69) is 0 Å². The van der Waals surface area contributed by atoms with Gasteiger partial charge < -0.3 is 19.1 Å². The van der Waals surface area contributed by atoms with E-state index in [0.717, 1.165) is 19.4 Å². The maximum absolute atomic E-state index is 12.5. The smallest absolute Gasteiger partial charge is 0.336 e. The highest BCUT2D eigenvalue weighted by Gasteiger charge is 2.35. The Labute approximate surface area is 163 Å². The Morgan fingerprint density at radius 2 is 1.85 bits per heavy atom. The van der Waals surface area contributed by atoms with Gasteiger partial charge in [-0.1, -0.05) is 23.7 Å². The molecule has 0 radical (unpaired) electrons. The molecule has 2 heterocycles. The molecule has 6 nitrogen and oxygen atoms in total. The van der Waals surface area contributed by atoms with E-state index in [0.29, 0.717) is 28.3 Å². The summed E-state index contributed by atoms with van der Waals surface area (Å²) in [6, 6.07) is 7.07. The van der Waals surface area contributed by atoms with E-state index in [9.17, 15) is 9.59 Å². The largest absolute Gasteiger partial charge is 0.466 e. The maximum atomic E-state index is 12.5. The number of methoxy groups -OCH3 is 2. The molecule has 1 atom stereocenters. The molecule has 0 bridgehead atoms. The number of esters is 2. The second kappa shape index (κ2) is 8.59. The third-order valence-corrected chi connectivity index (χ3v) is 4.93. The molecule has 1 aromatic rings. The standard InChI is InChI=1S/C20H22ClNO5/c1-25-19(23)16-11-22(10-15-7-4-8-27-15)12-17(20(24)26-2)18(16)13-5-3-6-14(21)9-13/h3,5-6,9,11-12,15,18H,4,7-8,10H2,1-2H3/t15-/m0/s1. The number of rotatable bonds is 5. The van der Waals surface area contributed by atoms with Crippen LogP contribution in [0, 0.1) is 0 Å². The zero-order valence-corrected chi connectivity index (χ0v) is 16.1. The van der Waals surface area contributed by atoms with Crippen molar-refractivity contribution in [2.45, 2.75) is 24.9 Å². The van der Waals surface area contributed by atoms with Gasteiger partial charge in [0.2, 0.25) is 0 Å². The molecular formula is C20H22ClNO5. The highest BCUT2D eigenvalue weighted by atomic mass is 35.5. The molecule has 0 aromatic heterocycles. The number of nitrogens with zero attached hydrogens (tertiary/aromatic N) is 1.